The number of thiazole rings is 1. The molecule has 2 aromatic carbocycles. The summed E-state index contributed by atoms with van der Waals surface area (Å²) in [4.78, 5) is 4.84. The van der Waals surface area contributed by atoms with Crippen molar-refractivity contribution in [1.82, 2.24) is 4.98 Å². The smallest absolute Gasteiger partial charge is 0.153 e. The SMILES string of the molecule is Fc1ccc(-c2n[c]sc2Cc2c(Cl)cccc2Cl)c(F)c1. The van der Waals surface area contributed by atoms with Gasteiger partial charge in [0.1, 0.15) is 11.6 Å². The Bertz CT molecular complexity index is 813. The van der Waals surface area contributed by atoms with Crippen LogP contribution in [0, 0.1) is 17.1 Å². The van der Waals surface area contributed by atoms with Gasteiger partial charge in [-0.3, -0.25) is 0 Å². The lowest BCUT2D eigenvalue weighted by Gasteiger charge is -2.08. The molecule has 3 aromatic rings. The van der Waals surface area contributed by atoms with E-state index >= 15 is 0 Å². The van der Waals surface area contributed by atoms with Crippen LogP contribution in [0.25, 0.3) is 11.3 Å². The van der Waals surface area contributed by atoms with E-state index in [-0.39, 0.29) is 5.56 Å². The van der Waals surface area contributed by atoms with E-state index in [9.17, 15) is 8.78 Å². The third-order valence-electron chi connectivity index (χ3n) is 3.18. The first-order chi connectivity index (χ1) is 10.6. The molecular weight excluding hydrogens is 347 g/mol. The minimum Gasteiger partial charge on any atom is -0.233 e. The van der Waals surface area contributed by atoms with E-state index in [1.807, 2.05) is 0 Å². The van der Waals surface area contributed by atoms with Gasteiger partial charge in [0.15, 0.2) is 5.51 Å². The quantitative estimate of drug-likeness (QED) is 0.580. The first kappa shape index (κ1) is 15.4. The minimum absolute atomic E-state index is 0.233. The lowest BCUT2D eigenvalue weighted by Crippen LogP contribution is -1.94. The molecule has 0 saturated heterocycles. The van der Waals surface area contributed by atoms with Gasteiger partial charge in [0.2, 0.25) is 0 Å². The number of nitrogens with zero attached hydrogens (tertiary/aromatic N) is 1. The summed E-state index contributed by atoms with van der Waals surface area (Å²) in [7, 11) is 0. The summed E-state index contributed by atoms with van der Waals surface area (Å²) in [5.41, 5.74) is 4.15. The van der Waals surface area contributed by atoms with Crippen LogP contribution in [0.3, 0.4) is 0 Å². The zero-order valence-corrected chi connectivity index (χ0v) is 13.4. The largest absolute Gasteiger partial charge is 0.233 e. The number of hydrogen-bond acceptors (Lipinski definition) is 2. The highest BCUT2D eigenvalue weighted by Crippen LogP contribution is 2.33. The Morgan fingerprint density at radius 2 is 1.82 bits per heavy atom. The highest BCUT2D eigenvalue weighted by atomic mass is 35.5. The second kappa shape index (κ2) is 6.32. The zero-order chi connectivity index (χ0) is 15.7. The number of aromatic nitrogens is 1. The van der Waals surface area contributed by atoms with Gasteiger partial charge in [-0.15, -0.1) is 11.3 Å². The Hall–Kier alpha value is -1.49. The summed E-state index contributed by atoms with van der Waals surface area (Å²) >= 11 is 13.6. The van der Waals surface area contributed by atoms with Gasteiger partial charge in [-0.25, -0.2) is 13.8 Å². The molecule has 1 heterocycles. The maximum absolute atomic E-state index is 13.9. The molecule has 0 bridgehead atoms. The Labute approximate surface area is 140 Å². The molecule has 0 saturated carbocycles. The Kier molecular flexibility index (Phi) is 4.43. The van der Waals surface area contributed by atoms with E-state index in [4.69, 9.17) is 23.2 Å². The minimum atomic E-state index is -0.661. The maximum Gasteiger partial charge on any atom is 0.153 e. The molecule has 0 unspecified atom stereocenters. The second-order valence-electron chi connectivity index (χ2n) is 4.58. The van der Waals surface area contributed by atoms with E-state index in [0.717, 1.165) is 16.5 Å². The Morgan fingerprint density at radius 1 is 1.09 bits per heavy atom. The van der Waals surface area contributed by atoms with Gasteiger partial charge < -0.3 is 0 Å². The molecule has 1 nitrogen and oxygen atoms in total. The van der Waals surface area contributed by atoms with Crippen molar-refractivity contribution in [3.63, 3.8) is 0 Å². The van der Waals surface area contributed by atoms with Crippen LogP contribution < -0.4 is 0 Å². The monoisotopic (exact) mass is 354 g/mol. The summed E-state index contributed by atoms with van der Waals surface area (Å²) < 4.78 is 27.0. The fourth-order valence-electron chi connectivity index (χ4n) is 2.11. The van der Waals surface area contributed by atoms with E-state index in [2.05, 4.69) is 10.5 Å². The molecule has 0 fully saturated rings. The van der Waals surface area contributed by atoms with Crippen LogP contribution in [0.2, 0.25) is 10.0 Å². The standard InChI is InChI=1S/C16H8Cl2F2NS/c17-12-2-1-3-13(18)11(12)7-15-16(21-8-22-15)10-5-4-9(19)6-14(10)20/h1-6H,7H2. The van der Waals surface area contributed by atoms with Crippen LogP contribution >= 0.6 is 34.5 Å². The second-order valence-corrected chi connectivity index (χ2v) is 6.27. The molecule has 0 N–H and O–H groups in total. The molecule has 3 rings (SSSR count). The summed E-state index contributed by atoms with van der Waals surface area (Å²) in [6.45, 7) is 0. The lowest BCUT2D eigenvalue weighted by molar-refractivity contribution is 0.585. The molecular formula is C16H8Cl2F2NS. The van der Waals surface area contributed by atoms with Gasteiger partial charge in [0, 0.05) is 33.0 Å². The molecule has 0 aliphatic rings. The highest BCUT2D eigenvalue weighted by molar-refractivity contribution is 7.09. The van der Waals surface area contributed by atoms with Crippen molar-refractivity contribution >= 4 is 34.5 Å². The van der Waals surface area contributed by atoms with Crippen molar-refractivity contribution in [2.75, 3.05) is 0 Å². The average Bonchev–Trinajstić information content (AvgIpc) is 2.91. The fourth-order valence-corrected chi connectivity index (χ4v) is 3.35. The van der Waals surface area contributed by atoms with E-state index < -0.39 is 11.6 Å². The lowest BCUT2D eigenvalue weighted by atomic mass is 10.1. The first-order valence-corrected chi connectivity index (χ1v) is 7.87. The molecule has 0 aliphatic heterocycles. The third-order valence-corrected chi connectivity index (χ3v) is 4.65. The van der Waals surface area contributed by atoms with Gasteiger partial charge in [-0.2, -0.15) is 0 Å². The van der Waals surface area contributed by atoms with Crippen molar-refractivity contribution in [2.45, 2.75) is 6.42 Å². The van der Waals surface area contributed by atoms with Crippen LogP contribution in [0.4, 0.5) is 8.78 Å². The summed E-state index contributed by atoms with van der Waals surface area (Å²) in [6.07, 6.45) is 0.409. The summed E-state index contributed by atoms with van der Waals surface area (Å²) in [6, 6.07) is 8.64. The van der Waals surface area contributed by atoms with Crippen molar-refractivity contribution < 1.29 is 8.78 Å². The molecule has 0 aliphatic carbocycles. The normalized spacial score (nSPS) is 10.9. The Morgan fingerprint density at radius 3 is 2.50 bits per heavy atom. The molecule has 1 aromatic heterocycles. The predicted octanol–water partition coefficient (Wildman–Crippen LogP) is 5.79. The molecule has 1 radical (unpaired) electrons. The average molecular weight is 355 g/mol. The van der Waals surface area contributed by atoms with Crippen molar-refractivity contribution in [2.24, 2.45) is 0 Å². The number of halogens is 4. The molecule has 0 amide bonds. The number of rotatable bonds is 3. The maximum atomic E-state index is 13.9. The highest BCUT2D eigenvalue weighted by Gasteiger charge is 2.16. The molecule has 0 atom stereocenters. The Balaban J connectivity index is 2.03. The molecule has 6 heteroatoms. The predicted molar refractivity (Wildman–Crippen MR) is 85.6 cm³/mol. The van der Waals surface area contributed by atoms with Crippen LogP contribution in [-0.2, 0) is 6.42 Å². The third kappa shape index (κ3) is 3.00. The first-order valence-electron chi connectivity index (χ1n) is 6.30. The van der Waals surface area contributed by atoms with Crippen LogP contribution in [-0.4, -0.2) is 4.98 Å². The molecule has 22 heavy (non-hydrogen) atoms. The van der Waals surface area contributed by atoms with Gasteiger partial charge in [-0.05, 0) is 29.8 Å². The van der Waals surface area contributed by atoms with Gasteiger partial charge in [0.25, 0.3) is 0 Å². The van der Waals surface area contributed by atoms with Crippen molar-refractivity contribution in [3.05, 3.63) is 74.0 Å². The van der Waals surface area contributed by atoms with E-state index in [1.54, 1.807) is 18.2 Å². The molecule has 111 valence electrons. The molecule has 0 spiro atoms. The van der Waals surface area contributed by atoms with Gasteiger partial charge >= 0.3 is 0 Å². The summed E-state index contributed by atoms with van der Waals surface area (Å²) in [5, 5.41) is 1.07. The number of benzene rings is 2. The van der Waals surface area contributed by atoms with Gasteiger partial charge in [0.05, 0.1) is 5.69 Å². The van der Waals surface area contributed by atoms with E-state index in [0.29, 0.717) is 22.2 Å². The van der Waals surface area contributed by atoms with E-state index in [1.165, 1.54) is 23.5 Å². The van der Waals surface area contributed by atoms with Crippen LogP contribution in [0.5, 0.6) is 0 Å². The summed E-state index contributed by atoms with van der Waals surface area (Å²) in [5.74, 6) is -1.29. The van der Waals surface area contributed by atoms with Crippen molar-refractivity contribution in [1.29, 1.82) is 0 Å². The zero-order valence-electron chi connectivity index (χ0n) is 11.0. The van der Waals surface area contributed by atoms with Gasteiger partial charge in [-0.1, -0.05) is 29.3 Å². The fraction of sp³-hybridized carbons (Fsp3) is 0.0625. The van der Waals surface area contributed by atoms with Crippen molar-refractivity contribution in [3.8, 4) is 11.3 Å². The number of hydrogen-bond donors (Lipinski definition) is 0. The topological polar surface area (TPSA) is 12.9 Å². The van der Waals surface area contributed by atoms with Crippen LogP contribution in [0.15, 0.2) is 36.4 Å². The van der Waals surface area contributed by atoms with Crippen LogP contribution in [0.1, 0.15) is 10.4 Å².